The molecule has 4 heteroatoms. The van der Waals surface area contributed by atoms with Crippen LogP contribution in [0.2, 0.25) is 0 Å². The van der Waals surface area contributed by atoms with E-state index in [-0.39, 0.29) is 5.78 Å². The molecule has 1 aliphatic heterocycles. The molecule has 0 amide bonds. The van der Waals surface area contributed by atoms with Gasteiger partial charge in [-0.05, 0) is 24.1 Å². The molecule has 0 spiro atoms. The lowest BCUT2D eigenvalue weighted by Gasteiger charge is -2.24. The van der Waals surface area contributed by atoms with Crippen LogP contribution in [0.1, 0.15) is 22.8 Å². The number of carbonyl (C=O) groups is 1. The second-order valence-electron chi connectivity index (χ2n) is 5.88. The minimum atomic E-state index is 0.154. The number of hydrogen-bond acceptors (Lipinski definition) is 3. The number of nitrogens with zero attached hydrogens (tertiary/aromatic N) is 1. The van der Waals surface area contributed by atoms with Gasteiger partial charge in [0, 0.05) is 5.56 Å². The van der Waals surface area contributed by atoms with Gasteiger partial charge in [0.2, 0.25) is 5.78 Å². The second kappa shape index (κ2) is 5.21. The summed E-state index contributed by atoms with van der Waals surface area (Å²) in [6, 6.07) is 3.78. The molecule has 0 aliphatic carbocycles. The minimum absolute atomic E-state index is 0.154. The summed E-state index contributed by atoms with van der Waals surface area (Å²) >= 11 is 0. The van der Waals surface area contributed by atoms with E-state index in [1.807, 2.05) is 40.2 Å². The standard InChI is InChI=1S/C15H22NO3/c1-5-11-8-14-15(19-7-6-18-14)9-12(11)13(17)10-16(2,3)4/h8-9H,5-7,10H2,1-4H3/q+1. The van der Waals surface area contributed by atoms with Crippen molar-refractivity contribution < 1.29 is 18.8 Å². The van der Waals surface area contributed by atoms with E-state index < -0.39 is 0 Å². The van der Waals surface area contributed by atoms with Crippen LogP contribution in [0.5, 0.6) is 11.5 Å². The second-order valence-corrected chi connectivity index (χ2v) is 5.88. The normalized spacial score (nSPS) is 14.3. The van der Waals surface area contributed by atoms with Crippen molar-refractivity contribution in [3.05, 3.63) is 23.3 Å². The summed E-state index contributed by atoms with van der Waals surface area (Å²) in [6.45, 7) is 3.64. The van der Waals surface area contributed by atoms with Gasteiger partial charge in [-0.15, -0.1) is 0 Å². The average Bonchev–Trinajstić information content (AvgIpc) is 2.35. The lowest BCUT2D eigenvalue weighted by molar-refractivity contribution is -0.861. The highest BCUT2D eigenvalue weighted by molar-refractivity contribution is 5.99. The number of quaternary nitrogens is 1. The number of likely N-dealkylation sites (N-methyl/N-ethyl adjacent to an activating group) is 1. The van der Waals surface area contributed by atoms with Crippen LogP contribution in [0.4, 0.5) is 0 Å². The number of fused-ring (bicyclic) bond motifs is 1. The zero-order valence-corrected chi connectivity index (χ0v) is 12.2. The number of ketones is 1. The number of rotatable bonds is 4. The molecule has 0 fully saturated rings. The fourth-order valence-electron chi connectivity index (χ4n) is 2.20. The Hall–Kier alpha value is -1.55. The summed E-state index contributed by atoms with van der Waals surface area (Å²) in [5.74, 6) is 1.60. The maximum absolute atomic E-state index is 12.4. The summed E-state index contributed by atoms with van der Waals surface area (Å²) in [5.41, 5.74) is 1.79. The Morgan fingerprint density at radius 1 is 1.16 bits per heavy atom. The van der Waals surface area contributed by atoms with Crippen molar-refractivity contribution in [2.24, 2.45) is 0 Å². The van der Waals surface area contributed by atoms with Gasteiger partial charge in [-0.3, -0.25) is 4.79 Å². The summed E-state index contributed by atoms with van der Waals surface area (Å²) in [7, 11) is 6.05. The van der Waals surface area contributed by atoms with Crippen LogP contribution < -0.4 is 9.47 Å². The monoisotopic (exact) mass is 264 g/mol. The first kappa shape index (κ1) is 13.9. The zero-order valence-electron chi connectivity index (χ0n) is 12.2. The Bertz CT molecular complexity index is 489. The Morgan fingerprint density at radius 2 is 1.74 bits per heavy atom. The van der Waals surface area contributed by atoms with Crippen molar-refractivity contribution in [1.82, 2.24) is 0 Å². The first-order chi connectivity index (χ1) is 8.90. The number of Topliss-reactive ketones (excluding diaryl/α,β-unsaturated/α-hetero) is 1. The van der Waals surface area contributed by atoms with Crippen molar-refractivity contribution in [1.29, 1.82) is 0 Å². The Balaban J connectivity index is 2.36. The molecule has 104 valence electrons. The molecular formula is C15H22NO3+. The van der Waals surface area contributed by atoms with Crippen LogP contribution in [-0.4, -0.2) is 51.2 Å². The molecule has 0 bridgehead atoms. The molecule has 1 aromatic carbocycles. The van der Waals surface area contributed by atoms with Crippen LogP contribution in [0.25, 0.3) is 0 Å². The van der Waals surface area contributed by atoms with Gasteiger partial charge in [-0.1, -0.05) is 6.92 Å². The van der Waals surface area contributed by atoms with E-state index in [1.54, 1.807) is 0 Å². The molecule has 4 nitrogen and oxygen atoms in total. The van der Waals surface area contributed by atoms with Crippen molar-refractivity contribution in [3.8, 4) is 11.5 Å². The summed E-state index contributed by atoms with van der Waals surface area (Å²) < 4.78 is 11.7. The first-order valence-electron chi connectivity index (χ1n) is 6.67. The molecule has 2 rings (SSSR count). The average molecular weight is 264 g/mol. The third-order valence-electron chi connectivity index (χ3n) is 3.07. The van der Waals surface area contributed by atoms with E-state index in [0.717, 1.165) is 23.3 Å². The van der Waals surface area contributed by atoms with Crippen LogP contribution in [0.3, 0.4) is 0 Å². The highest BCUT2D eigenvalue weighted by Gasteiger charge is 2.22. The number of aryl methyl sites for hydroxylation is 1. The fourth-order valence-corrected chi connectivity index (χ4v) is 2.20. The molecule has 0 aromatic heterocycles. The Labute approximate surface area is 114 Å². The quantitative estimate of drug-likeness (QED) is 0.615. The lowest BCUT2D eigenvalue weighted by atomic mass is 9.99. The molecule has 19 heavy (non-hydrogen) atoms. The molecule has 0 saturated carbocycles. The highest BCUT2D eigenvalue weighted by Crippen LogP contribution is 2.33. The van der Waals surface area contributed by atoms with E-state index in [9.17, 15) is 4.79 Å². The van der Waals surface area contributed by atoms with Gasteiger partial charge in [0.1, 0.15) is 19.8 Å². The predicted molar refractivity (Wildman–Crippen MR) is 74.0 cm³/mol. The van der Waals surface area contributed by atoms with Gasteiger partial charge in [0.25, 0.3) is 0 Å². The van der Waals surface area contributed by atoms with Crippen molar-refractivity contribution in [2.45, 2.75) is 13.3 Å². The molecule has 0 N–H and O–H groups in total. The lowest BCUT2D eigenvalue weighted by Crippen LogP contribution is -2.39. The molecule has 0 saturated heterocycles. The smallest absolute Gasteiger partial charge is 0.217 e. The molecule has 1 aliphatic rings. The molecule has 0 radical (unpaired) electrons. The summed E-state index contributed by atoms with van der Waals surface area (Å²) in [4.78, 5) is 12.4. The van der Waals surface area contributed by atoms with Crippen LogP contribution in [-0.2, 0) is 6.42 Å². The maximum Gasteiger partial charge on any atom is 0.217 e. The van der Waals surface area contributed by atoms with Crippen LogP contribution >= 0.6 is 0 Å². The molecule has 1 heterocycles. The van der Waals surface area contributed by atoms with Gasteiger partial charge in [0.15, 0.2) is 11.5 Å². The predicted octanol–water partition coefficient (Wildman–Crippen LogP) is 1.91. The highest BCUT2D eigenvalue weighted by atomic mass is 16.6. The van der Waals surface area contributed by atoms with Crippen LogP contribution in [0.15, 0.2) is 12.1 Å². The third-order valence-corrected chi connectivity index (χ3v) is 3.07. The third kappa shape index (κ3) is 3.26. The largest absolute Gasteiger partial charge is 0.486 e. The maximum atomic E-state index is 12.4. The van der Waals surface area contributed by atoms with Crippen molar-refractivity contribution >= 4 is 5.78 Å². The van der Waals surface area contributed by atoms with E-state index in [4.69, 9.17) is 9.47 Å². The van der Waals surface area contributed by atoms with Gasteiger partial charge < -0.3 is 14.0 Å². The Kier molecular flexibility index (Phi) is 3.80. The van der Waals surface area contributed by atoms with E-state index in [2.05, 4.69) is 0 Å². The minimum Gasteiger partial charge on any atom is -0.486 e. The van der Waals surface area contributed by atoms with Gasteiger partial charge in [-0.2, -0.15) is 0 Å². The number of ether oxygens (including phenoxy) is 2. The number of benzene rings is 1. The SMILES string of the molecule is CCc1cc2c(cc1C(=O)C[N+](C)(C)C)OCCO2. The van der Waals surface area contributed by atoms with Crippen molar-refractivity contribution in [3.63, 3.8) is 0 Å². The van der Waals surface area contributed by atoms with E-state index in [1.165, 1.54) is 0 Å². The van der Waals surface area contributed by atoms with Gasteiger partial charge in [-0.25, -0.2) is 0 Å². The Morgan fingerprint density at radius 3 is 2.26 bits per heavy atom. The summed E-state index contributed by atoms with van der Waals surface area (Å²) in [6.07, 6.45) is 0.814. The van der Waals surface area contributed by atoms with Gasteiger partial charge in [0.05, 0.1) is 21.1 Å². The molecule has 0 atom stereocenters. The van der Waals surface area contributed by atoms with E-state index >= 15 is 0 Å². The summed E-state index contributed by atoms with van der Waals surface area (Å²) in [5, 5.41) is 0. The molecule has 1 aromatic rings. The zero-order chi connectivity index (χ0) is 14.0. The van der Waals surface area contributed by atoms with Crippen LogP contribution in [0, 0.1) is 0 Å². The number of carbonyl (C=O) groups excluding carboxylic acids is 1. The topological polar surface area (TPSA) is 35.5 Å². The van der Waals surface area contributed by atoms with Gasteiger partial charge >= 0.3 is 0 Å². The first-order valence-corrected chi connectivity index (χ1v) is 6.67. The molecule has 0 unspecified atom stereocenters. The number of hydrogen-bond donors (Lipinski definition) is 0. The fraction of sp³-hybridized carbons (Fsp3) is 0.533. The van der Waals surface area contributed by atoms with Crippen molar-refractivity contribution in [2.75, 3.05) is 40.9 Å². The molecular weight excluding hydrogens is 242 g/mol. The van der Waals surface area contributed by atoms with E-state index in [0.29, 0.717) is 30.0 Å².